The van der Waals surface area contributed by atoms with Crippen molar-refractivity contribution in [3.63, 3.8) is 0 Å². The highest BCUT2D eigenvalue weighted by atomic mass is 16.5. The van der Waals surface area contributed by atoms with Crippen molar-refractivity contribution in [1.82, 2.24) is 15.1 Å². The third kappa shape index (κ3) is 5.08. The van der Waals surface area contributed by atoms with Crippen LogP contribution in [0.3, 0.4) is 0 Å². The second-order valence-corrected chi connectivity index (χ2v) is 7.44. The molecule has 0 radical (unpaired) electrons. The van der Waals surface area contributed by atoms with Gasteiger partial charge in [0, 0.05) is 33.2 Å². The number of likely N-dealkylation sites (tertiary alicyclic amines) is 2. The predicted octanol–water partition coefficient (Wildman–Crippen LogP) is 1.82. The lowest BCUT2D eigenvalue weighted by Crippen LogP contribution is -2.41. The van der Waals surface area contributed by atoms with E-state index in [0.717, 1.165) is 25.2 Å². The van der Waals surface area contributed by atoms with E-state index in [1.807, 2.05) is 30.3 Å². The van der Waals surface area contributed by atoms with Crippen LogP contribution >= 0.6 is 0 Å². The van der Waals surface area contributed by atoms with Crippen LogP contribution in [0.4, 0.5) is 0 Å². The Bertz CT molecular complexity index is 616. The Labute approximate surface area is 161 Å². The molecule has 2 heterocycles. The molecule has 2 amide bonds. The van der Waals surface area contributed by atoms with Crippen LogP contribution in [-0.2, 0) is 14.3 Å². The van der Waals surface area contributed by atoms with Gasteiger partial charge in [0.25, 0.3) is 0 Å². The molecule has 0 saturated carbocycles. The summed E-state index contributed by atoms with van der Waals surface area (Å²) >= 11 is 0. The van der Waals surface area contributed by atoms with Gasteiger partial charge >= 0.3 is 0 Å². The SMILES string of the molecule is COCCN1C(=O)C[C@@H](C(=O)NCCN2CCCCC2)[C@@H]1c1ccccc1. The summed E-state index contributed by atoms with van der Waals surface area (Å²) in [6.45, 7) is 4.74. The average Bonchev–Trinajstić information content (AvgIpc) is 3.04. The minimum absolute atomic E-state index is 0.0193. The first kappa shape index (κ1) is 19.8. The van der Waals surface area contributed by atoms with Gasteiger partial charge in [0.15, 0.2) is 0 Å². The van der Waals surface area contributed by atoms with Crippen LogP contribution in [0.1, 0.15) is 37.3 Å². The molecule has 1 aromatic rings. The van der Waals surface area contributed by atoms with Gasteiger partial charge < -0.3 is 19.9 Å². The monoisotopic (exact) mass is 373 g/mol. The third-order valence-electron chi connectivity index (χ3n) is 5.62. The molecule has 2 fully saturated rings. The summed E-state index contributed by atoms with van der Waals surface area (Å²) in [5.74, 6) is -0.343. The van der Waals surface area contributed by atoms with Crippen LogP contribution in [0, 0.1) is 5.92 Å². The predicted molar refractivity (Wildman–Crippen MR) is 104 cm³/mol. The minimum Gasteiger partial charge on any atom is -0.383 e. The molecule has 3 rings (SSSR count). The Morgan fingerprint density at radius 2 is 1.89 bits per heavy atom. The molecule has 27 heavy (non-hydrogen) atoms. The zero-order chi connectivity index (χ0) is 19.1. The number of piperidine rings is 1. The van der Waals surface area contributed by atoms with E-state index < -0.39 is 0 Å². The van der Waals surface area contributed by atoms with E-state index in [-0.39, 0.29) is 30.2 Å². The number of ether oxygens (including phenoxy) is 1. The van der Waals surface area contributed by atoms with Gasteiger partial charge in [-0.25, -0.2) is 0 Å². The molecule has 6 heteroatoms. The van der Waals surface area contributed by atoms with Crippen molar-refractivity contribution in [3.05, 3.63) is 35.9 Å². The average molecular weight is 373 g/mol. The highest BCUT2D eigenvalue weighted by Gasteiger charge is 2.44. The first-order chi connectivity index (χ1) is 13.2. The van der Waals surface area contributed by atoms with Crippen LogP contribution in [0.2, 0.25) is 0 Å². The summed E-state index contributed by atoms with van der Waals surface area (Å²) < 4.78 is 5.16. The fourth-order valence-electron chi connectivity index (χ4n) is 4.19. The maximum atomic E-state index is 12.9. The van der Waals surface area contributed by atoms with Crippen molar-refractivity contribution in [1.29, 1.82) is 0 Å². The van der Waals surface area contributed by atoms with E-state index in [9.17, 15) is 9.59 Å². The van der Waals surface area contributed by atoms with Gasteiger partial charge in [0.2, 0.25) is 11.8 Å². The molecule has 2 aliphatic rings. The van der Waals surface area contributed by atoms with Gasteiger partial charge in [-0.15, -0.1) is 0 Å². The number of rotatable bonds is 8. The molecular weight excluding hydrogens is 342 g/mol. The summed E-state index contributed by atoms with van der Waals surface area (Å²) in [5, 5.41) is 3.08. The number of nitrogens with one attached hydrogen (secondary N) is 1. The number of hydrogen-bond acceptors (Lipinski definition) is 4. The standard InChI is InChI=1S/C21H31N3O3/c1-27-15-14-24-19(25)16-18(20(24)17-8-4-2-5-9-17)21(26)22-10-13-23-11-6-3-7-12-23/h2,4-5,8-9,18,20H,3,6-7,10-16H2,1H3,(H,22,26)/t18-,20+/m1/s1. The maximum absolute atomic E-state index is 12.9. The van der Waals surface area contributed by atoms with Crippen molar-refractivity contribution in [3.8, 4) is 0 Å². The minimum atomic E-state index is -0.349. The fourth-order valence-corrected chi connectivity index (χ4v) is 4.19. The largest absolute Gasteiger partial charge is 0.383 e. The van der Waals surface area contributed by atoms with Crippen molar-refractivity contribution < 1.29 is 14.3 Å². The normalized spacial score (nSPS) is 23.6. The lowest BCUT2D eigenvalue weighted by Gasteiger charge is -2.29. The van der Waals surface area contributed by atoms with Gasteiger partial charge in [-0.1, -0.05) is 36.8 Å². The van der Waals surface area contributed by atoms with Crippen molar-refractivity contribution in [2.75, 3.05) is 46.4 Å². The van der Waals surface area contributed by atoms with Gasteiger partial charge in [-0.2, -0.15) is 0 Å². The highest BCUT2D eigenvalue weighted by Crippen LogP contribution is 2.38. The number of hydrogen-bond donors (Lipinski definition) is 1. The molecule has 2 aliphatic heterocycles. The Kier molecular flexibility index (Phi) is 7.24. The Morgan fingerprint density at radius 3 is 2.59 bits per heavy atom. The highest BCUT2D eigenvalue weighted by molar-refractivity contribution is 5.90. The van der Waals surface area contributed by atoms with Crippen LogP contribution in [0.15, 0.2) is 30.3 Å². The molecule has 2 saturated heterocycles. The smallest absolute Gasteiger partial charge is 0.226 e. The van der Waals surface area contributed by atoms with Gasteiger partial charge in [0.1, 0.15) is 0 Å². The van der Waals surface area contributed by atoms with E-state index in [1.165, 1.54) is 19.3 Å². The molecule has 0 bridgehead atoms. The van der Waals surface area contributed by atoms with Crippen LogP contribution in [0.5, 0.6) is 0 Å². The van der Waals surface area contributed by atoms with Gasteiger partial charge in [-0.05, 0) is 31.5 Å². The summed E-state index contributed by atoms with van der Waals surface area (Å²) in [6, 6.07) is 9.64. The summed E-state index contributed by atoms with van der Waals surface area (Å²) in [6.07, 6.45) is 4.06. The molecule has 6 nitrogen and oxygen atoms in total. The second-order valence-electron chi connectivity index (χ2n) is 7.44. The lowest BCUT2D eigenvalue weighted by atomic mass is 9.93. The Balaban J connectivity index is 1.64. The summed E-state index contributed by atoms with van der Waals surface area (Å²) in [7, 11) is 1.63. The van der Waals surface area contributed by atoms with E-state index in [0.29, 0.717) is 19.7 Å². The van der Waals surface area contributed by atoms with Crippen molar-refractivity contribution in [2.24, 2.45) is 5.92 Å². The fraction of sp³-hybridized carbons (Fsp3) is 0.619. The summed E-state index contributed by atoms with van der Waals surface area (Å²) in [5.41, 5.74) is 1.01. The Hall–Kier alpha value is -1.92. The van der Waals surface area contributed by atoms with E-state index in [4.69, 9.17) is 4.74 Å². The molecule has 1 aromatic carbocycles. The number of carbonyl (C=O) groups is 2. The van der Waals surface area contributed by atoms with E-state index in [2.05, 4.69) is 10.2 Å². The first-order valence-corrected chi connectivity index (χ1v) is 10.0. The van der Waals surface area contributed by atoms with Crippen molar-refractivity contribution in [2.45, 2.75) is 31.7 Å². The van der Waals surface area contributed by atoms with E-state index >= 15 is 0 Å². The number of nitrogens with zero attached hydrogens (tertiary/aromatic N) is 2. The number of carbonyl (C=O) groups excluding carboxylic acids is 2. The molecule has 0 aliphatic carbocycles. The lowest BCUT2D eigenvalue weighted by molar-refractivity contribution is -0.129. The second kappa shape index (κ2) is 9.85. The number of benzene rings is 1. The Morgan fingerprint density at radius 1 is 1.15 bits per heavy atom. The molecule has 1 N–H and O–H groups in total. The van der Waals surface area contributed by atoms with E-state index in [1.54, 1.807) is 12.0 Å². The third-order valence-corrected chi connectivity index (χ3v) is 5.62. The van der Waals surface area contributed by atoms with Gasteiger partial charge in [-0.3, -0.25) is 9.59 Å². The summed E-state index contributed by atoms with van der Waals surface area (Å²) in [4.78, 5) is 29.7. The van der Waals surface area contributed by atoms with Crippen molar-refractivity contribution >= 4 is 11.8 Å². The number of methoxy groups -OCH3 is 1. The van der Waals surface area contributed by atoms with Gasteiger partial charge in [0.05, 0.1) is 18.6 Å². The molecule has 0 unspecified atom stereocenters. The van der Waals surface area contributed by atoms with Crippen LogP contribution in [0.25, 0.3) is 0 Å². The number of amides is 2. The first-order valence-electron chi connectivity index (χ1n) is 10.0. The zero-order valence-electron chi connectivity index (χ0n) is 16.2. The van der Waals surface area contributed by atoms with Crippen LogP contribution < -0.4 is 5.32 Å². The topological polar surface area (TPSA) is 61.9 Å². The molecular formula is C21H31N3O3. The maximum Gasteiger partial charge on any atom is 0.226 e. The molecule has 0 spiro atoms. The molecule has 2 atom stereocenters. The zero-order valence-corrected chi connectivity index (χ0v) is 16.2. The molecule has 148 valence electrons. The quantitative estimate of drug-likeness (QED) is 0.755. The van der Waals surface area contributed by atoms with Crippen LogP contribution in [-0.4, -0.2) is 68.1 Å². The molecule has 0 aromatic heterocycles.